The summed E-state index contributed by atoms with van der Waals surface area (Å²) in [6, 6.07) is 0. The van der Waals surface area contributed by atoms with Crippen LogP contribution in [0.5, 0.6) is 0 Å². The highest BCUT2D eigenvalue weighted by Crippen LogP contribution is 2.36. The van der Waals surface area contributed by atoms with E-state index in [1.165, 1.54) is 0 Å². The first-order chi connectivity index (χ1) is 8.89. The average Bonchev–Trinajstić information content (AvgIpc) is 2.28. The molecule has 0 saturated carbocycles. The molecule has 0 aromatic rings. The molecule has 0 N–H and O–H groups in total. The van der Waals surface area contributed by atoms with Gasteiger partial charge in [-0.05, 0) is 6.92 Å². The number of rotatable bonds is 5. The van der Waals surface area contributed by atoms with Crippen molar-refractivity contribution in [3.63, 3.8) is 0 Å². The van der Waals surface area contributed by atoms with Crippen LogP contribution in [0.15, 0.2) is 12.7 Å². The highest BCUT2D eigenvalue weighted by molar-refractivity contribution is 5.81. The van der Waals surface area contributed by atoms with Crippen LogP contribution in [0.3, 0.4) is 0 Å². The maximum Gasteiger partial charge on any atom is 0.434 e. The second-order valence-electron chi connectivity index (χ2n) is 3.64. The monoisotopic (exact) mass is 308 g/mol. The summed E-state index contributed by atoms with van der Waals surface area (Å²) in [6.07, 6.45) is -15.1. The molecule has 4 nitrogen and oxygen atoms in total. The molecule has 0 amide bonds. The van der Waals surface area contributed by atoms with Crippen molar-refractivity contribution in [3.8, 4) is 0 Å². The predicted molar refractivity (Wildman–Crippen MR) is 52.3 cm³/mol. The topological polar surface area (TPSA) is 52.6 Å². The molecule has 10 heteroatoms. The van der Waals surface area contributed by atoms with E-state index in [4.69, 9.17) is 0 Å². The molecule has 0 radical (unpaired) electrons. The molecule has 0 aliphatic carbocycles. The molecule has 20 heavy (non-hydrogen) atoms. The number of carbonyl (C=O) groups excluding carboxylic acids is 2. The van der Waals surface area contributed by atoms with Crippen molar-refractivity contribution < 1.29 is 45.4 Å². The van der Waals surface area contributed by atoms with Crippen LogP contribution in [-0.2, 0) is 19.1 Å². The van der Waals surface area contributed by atoms with Crippen LogP contribution in [-0.4, -0.2) is 37.0 Å². The molecular formula is C10H10F6O4. The predicted octanol–water partition coefficient (Wildman–Crippen LogP) is 2.39. The summed E-state index contributed by atoms with van der Waals surface area (Å²) < 4.78 is 80.4. The molecule has 1 unspecified atom stereocenters. The summed E-state index contributed by atoms with van der Waals surface area (Å²) in [5.74, 6) is -4.26. The Morgan fingerprint density at radius 2 is 1.60 bits per heavy atom. The van der Waals surface area contributed by atoms with Crippen LogP contribution in [0.25, 0.3) is 0 Å². The van der Waals surface area contributed by atoms with Gasteiger partial charge in [0.15, 0.2) is 0 Å². The lowest BCUT2D eigenvalue weighted by molar-refractivity contribution is -0.314. The zero-order valence-electron chi connectivity index (χ0n) is 10.0. The van der Waals surface area contributed by atoms with Gasteiger partial charge in [-0.1, -0.05) is 6.58 Å². The first kappa shape index (κ1) is 18.3. The number of hydrogen-bond donors (Lipinski definition) is 0. The van der Waals surface area contributed by atoms with E-state index in [0.717, 1.165) is 6.92 Å². The van der Waals surface area contributed by atoms with E-state index < -0.39 is 42.9 Å². The van der Waals surface area contributed by atoms with E-state index >= 15 is 0 Å². The molecule has 0 aliphatic heterocycles. The average molecular weight is 308 g/mol. The van der Waals surface area contributed by atoms with Crippen LogP contribution in [0.1, 0.15) is 6.92 Å². The normalized spacial score (nSPS) is 13.8. The largest absolute Gasteiger partial charge is 0.462 e. The van der Waals surface area contributed by atoms with Gasteiger partial charge in [-0.3, -0.25) is 4.79 Å². The fourth-order valence-electron chi connectivity index (χ4n) is 0.886. The molecule has 0 aromatic heterocycles. The summed E-state index contributed by atoms with van der Waals surface area (Å²) >= 11 is 0. The van der Waals surface area contributed by atoms with Crippen LogP contribution >= 0.6 is 0 Å². The maximum absolute atomic E-state index is 12.1. The zero-order valence-corrected chi connectivity index (χ0v) is 10.0. The molecule has 1 atom stereocenters. The Balaban J connectivity index is 4.69. The second kappa shape index (κ2) is 6.62. The van der Waals surface area contributed by atoms with Gasteiger partial charge in [0.1, 0.15) is 6.61 Å². The summed E-state index contributed by atoms with van der Waals surface area (Å²) in [5.41, 5.74) is 0. The summed E-state index contributed by atoms with van der Waals surface area (Å²) in [4.78, 5) is 21.7. The third kappa shape index (κ3) is 5.93. The van der Waals surface area contributed by atoms with Gasteiger partial charge in [0, 0.05) is 6.08 Å². The SMILES string of the molecule is C=CC(=O)OCC(C)C(=O)OC(C(F)(F)F)C(F)(F)F. The van der Waals surface area contributed by atoms with Gasteiger partial charge in [0.2, 0.25) is 0 Å². The fourth-order valence-corrected chi connectivity index (χ4v) is 0.886. The van der Waals surface area contributed by atoms with E-state index in [2.05, 4.69) is 16.1 Å². The van der Waals surface area contributed by atoms with E-state index in [1.54, 1.807) is 0 Å². The molecular weight excluding hydrogens is 298 g/mol. The van der Waals surface area contributed by atoms with Gasteiger partial charge in [-0.15, -0.1) is 0 Å². The molecule has 0 spiro atoms. The molecule has 0 aromatic carbocycles. The van der Waals surface area contributed by atoms with Crippen molar-refractivity contribution in [2.24, 2.45) is 5.92 Å². The lowest BCUT2D eigenvalue weighted by atomic mass is 10.2. The Bertz CT molecular complexity index is 359. The van der Waals surface area contributed by atoms with E-state index in [-0.39, 0.29) is 0 Å². The number of esters is 2. The van der Waals surface area contributed by atoms with E-state index in [1.807, 2.05) is 0 Å². The van der Waals surface area contributed by atoms with Gasteiger partial charge < -0.3 is 9.47 Å². The van der Waals surface area contributed by atoms with Crippen molar-refractivity contribution in [1.82, 2.24) is 0 Å². The van der Waals surface area contributed by atoms with Gasteiger partial charge in [-0.2, -0.15) is 26.3 Å². The van der Waals surface area contributed by atoms with Gasteiger partial charge in [-0.25, -0.2) is 4.79 Å². The number of hydrogen-bond acceptors (Lipinski definition) is 4. The Labute approximate surface area is 109 Å². The minimum absolute atomic E-state index is 0.715. The van der Waals surface area contributed by atoms with Crippen LogP contribution in [0.2, 0.25) is 0 Å². The molecule has 0 heterocycles. The highest BCUT2D eigenvalue weighted by atomic mass is 19.4. The van der Waals surface area contributed by atoms with Crippen LogP contribution in [0, 0.1) is 5.92 Å². The molecule has 0 saturated heterocycles. The van der Waals surface area contributed by atoms with Crippen molar-refractivity contribution >= 4 is 11.9 Å². The summed E-state index contributed by atoms with van der Waals surface area (Å²) in [5, 5.41) is 0. The van der Waals surface area contributed by atoms with Gasteiger partial charge in [0.05, 0.1) is 5.92 Å². The van der Waals surface area contributed by atoms with Crippen molar-refractivity contribution in [2.75, 3.05) is 6.61 Å². The summed E-state index contributed by atoms with van der Waals surface area (Å²) in [6.45, 7) is 3.23. The fraction of sp³-hybridized carbons (Fsp3) is 0.600. The van der Waals surface area contributed by atoms with E-state index in [9.17, 15) is 35.9 Å². The minimum atomic E-state index is -5.79. The van der Waals surface area contributed by atoms with Crippen molar-refractivity contribution in [2.45, 2.75) is 25.4 Å². The molecule has 116 valence electrons. The first-order valence-corrected chi connectivity index (χ1v) is 5.02. The van der Waals surface area contributed by atoms with Crippen LogP contribution < -0.4 is 0 Å². The number of ether oxygens (including phenoxy) is 2. The molecule has 0 bridgehead atoms. The lowest BCUT2D eigenvalue weighted by Crippen LogP contribution is -2.46. The molecule has 0 fully saturated rings. The highest BCUT2D eigenvalue weighted by Gasteiger charge is 2.60. The molecule has 0 aliphatic rings. The number of alkyl halides is 6. The third-order valence-corrected chi connectivity index (χ3v) is 1.87. The van der Waals surface area contributed by atoms with Gasteiger partial charge >= 0.3 is 24.3 Å². The summed E-state index contributed by atoms with van der Waals surface area (Å²) in [7, 11) is 0. The Morgan fingerprint density at radius 3 is 1.95 bits per heavy atom. The van der Waals surface area contributed by atoms with Gasteiger partial charge in [0.25, 0.3) is 6.10 Å². The first-order valence-electron chi connectivity index (χ1n) is 5.02. The van der Waals surface area contributed by atoms with Crippen molar-refractivity contribution in [3.05, 3.63) is 12.7 Å². The third-order valence-electron chi connectivity index (χ3n) is 1.87. The quantitative estimate of drug-likeness (QED) is 0.444. The minimum Gasteiger partial charge on any atom is -0.462 e. The Kier molecular flexibility index (Phi) is 6.04. The van der Waals surface area contributed by atoms with E-state index in [0.29, 0.717) is 6.08 Å². The Hall–Kier alpha value is -1.74. The second-order valence-corrected chi connectivity index (χ2v) is 3.64. The maximum atomic E-state index is 12.1. The number of carbonyl (C=O) groups is 2. The van der Waals surface area contributed by atoms with Crippen LogP contribution in [0.4, 0.5) is 26.3 Å². The number of halogens is 6. The standard InChI is InChI=1S/C10H10F6O4/c1-3-6(17)19-4-5(2)7(18)20-8(9(11,12)13)10(14,15)16/h3,5,8H,1,4H2,2H3. The molecule has 0 rings (SSSR count). The lowest BCUT2D eigenvalue weighted by Gasteiger charge is -2.24. The Morgan fingerprint density at radius 1 is 1.15 bits per heavy atom. The zero-order chi connectivity index (χ0) is 16.1. The van der Waals surface area contributed by atoms with Crippen molar-refractivity contribution in [1.29, 1.82) is 0 Å². The smallest absolute Gasteiger partial charge is 0.434 e.